The van der Waals surface area contributed by atoms with Crippen LogP contribution < -0.4 is 14.8 Å². The van der Waals surface area contributed by atoms with Crippen LogP contribution in [-0.2, 0) is 4.79 Å². The SMILES string of the molecule is O=CC[C@H](NC(=O)c1ccccc1)c1ccc2c(c1)OCO2. The molecule has 1 heterocycles. The molecule has 0 fully saturated rings. The summed E-state index contributed by atoms with van der Waals surface area (Å²) < 4.78 is 10.6. The lowest BCUT2D eigenvalue weighted by Gasteiger charge is -2.17. The third kappa shape index (κ3) is 2.93. The van der Waals surface area contributed by atoms with Crippen molar-refractivity contribution in [3.8, 4) is 11.5 Å². The first kappa shape index (κ1) is 14.1. The van der Waals surface area contributed by atoms with Gasteiger partial charge in [0.1, 0.15) is 6.29 Å². The zero-order chi connectivity index (χ0) is 15.4. The molecule has 0 aromatic heterocycles. The molecule has 112 valence electrons. The van der Waals surface area contributed by atoms with Crippen molar-refractivity contribution in [2.45, 2.75) is 12.5 Å². The van der Waals surface area contributed by atoms with Gasteiger partial charge < -0.3 is 19.6 Å². The minimum Gasteiger partial charge on any atom is -0.454 e. The lowest BCUT2D eigenvalue weighted by Crippen LogP contribution is -2.28. The highest BCUT2D eigenvalue weighted by molar-refractivity contribution is 5.94. The van der Waals surface area contributed by atoms with Gasteiger partial charge in [-0.25, -0.2) is 0 Å². The third-order valence-corrected chi connectivity index (χ3v) is 3.47. The van der Waals surface area contributed by atoms with E-state index in [9.17, 15) is 9.59 Å². The fraction of sp³-hybridized carbons (Fsp3) is 0.176. The fourth-order valence-electron chi connectivity index (χ4n) is 2.34. The third-order valence-electron chi connectivity index (χ3n) is 3.47. The number of aldehydes is 1. The molecule has 1 aliphatic heterocycles. The second kappa shape index (κ2) is 6.30. The Labute approximate surface area is 127 Å². The molecule has 0 saturated heterocycles. The minimum atomic E-state index is -0.403. The molecular formula is C17H15NO4. The number of hydrogen-bond acceptors (Lipinski definition) is 4. The second-order valence-electron chi connectivity index (χ2n) is 4.91. The summed E-state index contributed by atoms with van der Waals surface area (Å²) in [6.45, 7) is 0.188. The first-order chi connectivity index (χ1) is 10.8. The smallest absolute Gasteiger partial charge is 0.251 e. The van der Waals surface area contributed by atoms with Gasteiger partial charge >= 0.3 is 0 Å². The highest BCUT2D eigenvalue weighted by atomic mass is 16.7. The van der Waals surface area contributed by atoms with Gasteiger partial charge in [-0.2, -0.15) is 0 Å². The first-order valence-corrected chi connectivity index (χ1v) is 6.97. The molecule has 1 aliphatic rings. The van der Waals surface area contributed by atoms with Crippen molar-refractivity contribution in [3.63, 3.8) is 0 Å². The number of carbonyl (C=O) groups excluding carboxylic acids is 2. The topological polar surface area (TPSA) is 64.6 Å². The monoisotopic (exact) mass is 297 g/mol. The van der Waals surface area contributed by atoms with Gasteiger partial charge in [-0.3, -0.25) is 4.79 Å². The Morgan fingerprint density at radius 1 is 1.14 bits per heavy atom. The zero-order valence-electron chi connectivity index (χ0n) is 11.8. The highest BCUT2D eigenvalue weighted by Crippen LogP contribution is 2.34. The van der Waals surface area contributed by atoms with Gasteiger partial charge in [0.05, 0.1) is 6.04 Å². The van der Waals surface area contributed by atoms with Crippen LogP contribution in [0, 0.1) is 0 Å². The van der Waals surface area contributed by atoms with Gasteiger partial charge in [-0.05, 0) is 29.8 Å². The van der Waals surface area contributed by atoms with Crippen molar-refractivity contribution in [1.82, 2.24) is 5.32 Å². The predicted molar refractivity (Wildman–Crippen MR) is 79.9 cm³/mol. The van der Waals surface area contributed by atoms with E-state index in [1.165, 1.54) is 0 Å². The molecule has 1 N–H and O–H groups in total. The maximum absolute atomic E-state index is 12.3. The van der Waals surface area contributed by atoms with Crippen LogP contribution >= 0.6 is 0 Å². The molecule has 0 saturated carbocycles. The van der Waals surface area contributed by atoms with Crippen LogP contribution in [0.15, 0.2) is 48.5 Å². The molecule has 1 amide bonds. The maximum atomic E-state index is 12.3. The standard InChI is InChI=1S/C17H15NO4/c19-9-8-14(18-17(20)12-4-2-1-3-5-12)13-6-7-15-16(10-13)22-11-21-15/h1-7,9-10,14H,8,11H2,(H,18,20)/t14-/m0/s1. The molecule has 0 unspecified atom stereocenters. The average molecular weight is 297 g/mol. The van der Waals surface area contributed by atoms with Crippen molar-refractivity contribution in [3.05, 3.63) is 59.7 Å². The number of fused-ring (bicyclic) bond motifs is 1. The Hall–Kier alpha value is -2.82. The lowest BCUT2D eigenvalue weighted by molar-refractivity contribution is -0.108. The number of amides is 1. The van der Waals surface area contributed by atoms with Crippen molar-refractivity contribution >= 4 is 12.2 Å². The number of hydrogen-bond donors (Lipinski definition) is 1. The van der Waals surface area contributed by atoms with E-state index in [1.807, 2.05) is 12.1 Å². The van der Waals surface area contributed by atoms with Crippen LogP contribution in [0.4, 0.5) is 0 Å². The molecule has 0 spiro atoms. The van der Waals surface area contributed by atoms with Gasteiger partial charge in [-0.1, -0.05) is 24.3 Å². The number of ether oxygens (including phenoxy) is 2. The van der Waals surface area contributed by atoms with Gasteiger partial charge in [0.15, 0.2) is 11.5 Å². The molecule has 1 atom stereocenters. The molecule has 5 heteroatoms. The van der Waals surface area contributed by atoms with Crippen LogP contribution in [0.25, 0.3) is 0 Å². The summed E-state index contributed by atoms with van der Waals surface area (Å²) in [6.07, 6.45) is 0.985. The van der Waals surface area contributed by atoms with Gasteiger partial charge in [0.25, 0.3) is 5.91 Å². The Morgan fingerprint density at radius 3 is 2.68 bits per heavy atom. The van der Waals surface area contributed by atoms with Crippen molar-refractivity contribution in [2.75, 3.05) is 6.79 Å². The molecule has 22 heavy (non-hydrogen) atoms. The quantitative estimate of drug-likeness (QED) is 0.861. The highest BCUT2D eigenvalue weighted by Gasteiger charge is 2.19. The molecule has 0 radical (unpaired) electrons. The Balaban J connectivity index is 1.81. The molecule has 5 nitrogen and oxygen atoms in total. The minimum absolute atomic E-state index is 0.188. The van der Waals surface area contributed by atoms with E-state index in [-0.39, 0.29) is 19.1 Å². The van der Waals surface area contributed by atoms with Gasteiger partial charge in [0, 0.05) is 12.0 Å². The normalized spacial score (nSPS) is 13.5. The first-order valence-electron chi connectivity index (χ1n) is 6.97. The maximum Gasteiger partial charge on any atom is 0.251 e. The molecule has 3 rings (SSSR count). The van der Waals surface area contributed by atoms with Crippen LogP contribution in [-0.4, -0.2) is 19.0 Å². The lowest BCUT2D eigenvalue weighted by atomic mass is 10.0. The summed E-state index contributed by atoms with van der Waals surface area (Å²) in [4.78, 5) is 23.2. The Bertz CT molecular complexity index is 684. The second-order valence-corrected chi connectivity index (χ2v) is 4.91. The van der Waals surface area contributed by atoms with Gasteiger partial charge in [-0.15, -0.1) is 0 Å². The van der Waals surface area contributed by atoms with Crippen molar-refractivity contribution < 1.29 is 19.1 Å². The summed E-state index contributed by atoms with van der Waals surface area (Å²) >= 11 is 0. The summed E-state index contributed by atoms with van der Waals surface area (Å²) in [5.41, 5.74) is 1.36. The van der Waals surface area contributed by atoms with E-state index in [0.29, 0.717) is 17.1 Å². The summed E-state index contributed by atoms with van der Waals surface area (Å²) in [7, 11) is 0. The van der Waals surface area contributed by atoms with E-state index < -0.39 is 6.04 Å². The van der Waals surface area contributed by atoms with Crippen LogP contribution in [0.2, 0.25) is 0 Å². The number of carbonyl (C=O) groups is 2. The molecular weight excluding hydrogens is 282 g/mol. The number of nitrogens with one attached hydrogen (secondary N) is 1. The number of benzene rings is 2. The molecule has 0 aliphatic carbocycles. The van der Waals surface area contributed by atoms with E-state index in [0.717, 1.165) is 11.8 Å². The average Bonchev–Trinajstić information content (AvgIpc) is 3.02. The molecule has 2 aromatic rings. The van der Waals surface area contributed by atoms with E-state index in [4.69, 9.17) is 9.47 Å². The van der Waals surface area contributed by atoms with Crippen LogP contribution in [0.3, 0.4) is 0 Å². The molecule has 2 aromatic carbocycles. The Kier molecular flexibility index (Phi) is 4.05. The zero-order valence-corrected chi connectivity index (χ0v) is 11.8. The summed E-state index contributed by atoms with van der Waals surface area (Å²) in [5, 5.41) is 2.88. The predicted octanol–water partition coefficient (Wildman–Crippen LogP) is 2.48. The summed E-state index contributed by atoms with van der Waals surface area (Å²) in [5.74, 6) is 1.08. The van der Waals surface area contributed by atoms with Crippen LogP contribution in [0.5, 0.6) is 11.5 Å². The van der Waals surface area contributed by atoms with E-state index in [1.54, 1.807) is 36.4 Å². The van der Waals surface area contributed by atoms with Crippen molar-refractivity contribution in [1.29, 1.82) is 0 Å². The largest absolute Gasteiger partial charge is 0.454 e. The summed E-state index contributed by atoms with van der Waals surface area (Å²) in [6, 6.07) is 13.9. The Morgan fingerprint density at radius 2 is 1.91 bits per heavy atom. The van der Waals surface area contributed by atoms with Crippen molar-refractivity contribution in [2.24, 2.45) is 0 Å². The molecule has 0 bridgehead atoms. The fourth-order valence-corrected chi connectivity index (χ4v) is 2.34. The van der Waals surface area contributed by atoms with Crippen LogP contribution in [0.1, 0.15) is 28.4 Å². The van der Waals surface area contributed by atoms with E-state index >= 15 is 0 Å². The van der Waals surface area contributed by atoms with E-state index in [2.05, 4.69) is 5.32 Å². The number of rotatable bonds is 5. The van der Waals surface area contributed by atoms with Gasteiger partial charge in [0.2, 0.25) is 6.79 Å².